The number of aromatic nitrogens is 5. The zero-order valence-electron chi connectivity index (χ0n) is 13.8. The first-order valence-electron chi connectivity index (χ1n) is 7.65. The highest BCUT2D eigenvalue weighted by atomic mass is 16.5. The molecule has 2 N–H and O–H groups in total. The normalized spacial score (nSPS) is 21.8. The number of nitrogens with zero attached hydrogens (tertiary/aromatic N) is 4. The Morgan fingerprint density at radius 3 is 2.74 bits per heavy atom. The standard InChI is InChI=1S/C15H22N6O2/c1-15(2,3)12-6-10(18-19-12)14(22)21-7-9(23-4)5-11(21)13-16-8-17-20-13/h6,8-9,11H,5,7H2,1-4H3,(H,18,19)(H,16,17,20)/t9-,11+/m1/s1. The van der Waals surface area contributed by atoms with Crippen molar-refractivity contribution in [2.24, 2.45) is 0 Å². The summed E-state index contributed by atoms with van der Waals surface area (Å²) in [5.41, 5.74) is 1.26. The Kier molecular flexibility index (Phi) is 3.93. The fourth-order valence-corrected chi connectivity index (χ4v) is 2.79. The van der Waals surface area contributed by atoms with Crippen LogP contribution in [0.5, 0.6) is 0 Å². The van der Waals surface area contributed by atoms with E-state index in [4.69, 9.17) is 4.74 Å². The molecule has 1 saturated heterocycles. The van der Waals surface area contributed by atoms with Gasteiger partial charge < -0.3 is 9.64 Å². The zero-order chi connectivity index (χ0) is 16.6. The zero-order valence-corrected chi connectivity index (χ0v) is 13.8. The minimum atomic E-state index is -0.176. The molecule has 1 aliphatic rings. The first kappa shape index (κ1) is 15.7. The van der Waals surface area contributed by atoms with Crippen molar-refractivity contribution in [2.45, 2.75) is 44.8 Å². The van der Waals surface area contributed by atoms with Crippen molar-refractivity contribution in [1.82, 2.24) is 30.3 Å². The number of hydrogen-bond acceptors (Lipinski definition) is 5. The van der Waals surface area contributed by atoms with Crippen LogP contribution in [-0.2, 0) is 10.2 Å². The maximum absolute atomic E-state index is 12.9. The van der Waals surface area contributed by atoms with Gasteiger partial charge in [0.15, 0.2) is 0 Å². The summed E-state index contributed by atoms with van der Waals surface area (Å²) in [6, 6.07) is 1.64. The van der Waals surface area contributed by atoms with E-state index >= 15 is 0 Å². The van der Waals surface area contributed by atoms with E-state index in [0.717, 1.165) is 5.69 Å². The molecule has 3 heterocycles. The molecule has 0 unspecified atom stereocenters. The van der Waals surface area contributed by atoms with Gasteiger partial charge in [0.2, 0.25) is 0 Å². The second kappa shape index (κ2) is 5.77. The third-order valence-electron chi connectivity index (χ3n) is 4.21. The van der Waals surface area contributed by atoms with Gasteiger partial charge in [-0.2, -0.15) is 10.2 Å². The van der Waals surface area contributed by atoms with Crippen molar-refractivity contribution < 1.29 is 9.53 Å². The second-order valence-corrected chi connectivity index (χ2v) is 6.85. The number of rotatable bonds is 3. The molecule has 8 nitrogen and oxygen atoms in total. The lowest BCUT2D eigenvalue weighted by Gasteiger charge is -2.21. The Hall–Kier alpha value is -2.22. The van der Waals surface area contributed by atoms with E-state index in [2.05, 4.69) is 46.1 Å². The van der Waals surface area contributed by atoms with Crippen molar-refractivity contribution >= 4 is 5.91 Å². The summed E-state index contributed by atoms with van der Waals surface area (Å²) in [5, 5.41) is 13.9. The van der Waals surface area contributed by atoms with Gasteiger partial charge in [0.05, 0.1) is 12.1 Å². The fraction of sp³-hybridized carbons (Fsp3) is 0.600. The van der Waals surface area contributed by atoms with Crippen LogP contribution in [0.4, 0.5) is 0 Å². The van der Waals surface area contributed by atoms with Gasteiger partial charge in [-0.15, -0.1) is 0 Å². The molecule has 0 saturated carbocycles. The highest BCUT2D eigenvalue weighted by molar-refractivity contribution is 5.93. The van der Waals surface area contributed by atoms with E-state index in [9.17, 15) is 4.79 Å². The van der Waals surface area contributed by atoms with Gasteiger partial charge in [-0.05, 0) is 6.07 Å². The lowest BCUT2D eigenvalue weighted by molar-refractivity contribution is 0.0678. The first-order chi connectivity index (χ1) is 10.9. The molecule has 0 spiro atoms. The average molecular weight is 318 g/mol. The van der Waals surface area contributed by atoms with Crippen molar-refractivity contribution in [3.8, 4) is 0 Å². The van der Waals surface area contributed by atoms with E-state index < -0.39 is 0 Å². The Labute approximate surface area is 134 Å². The molecule has 2 atom stereocenters. The van der Waals surface area contributed by atoms with Gasteiger partial charge in [-0.25, -0.2) is 4.98 Å². The molecular weight excluding hydrogens is 296 g/mol. The highest BCUT2D eigenvalue weighted by Crippen LogP contribution is 2.32. The van der Waals surface area contributed by atoms with Crippen LogP contribution in [0.2, 0.25) is 0 Å². The number of hydrogen-bond donors (Lipinski definition) is 2. The maximum Gasteiger partial charge on any atom is 0.275 e. The monoisotopic (exact) mass is 318 g/mol. The van der Waals surface area contributed by atoms with Gasteiger partial charge >= 0.3 is 0 Å². The number of amides is 1. The molecule has 23 heavy (non-hydrogen) atoms. The predicted molar refractivity (Wildman–Crippen MR) is 82.9 cm³/mol. The van der Waals surface area contributed by atoms with E-state index in [1.807, 2.05) is 6.07 Å². The number of aromatic amines is 2. The van der Waals surface area contributed by atoms with E-state index in [1.165, 1.54) is 6.33 Å². The van der Waals surface area contributed by atoms with Gasteiger partial charge in [-0.1, -0.05) is 20.8 Å². The van der Waals surface area contributed by atoms with E-state index in [-0.39, 0.29) is 23.5 Å². The SMILES string of the molecule is CO[C@@H]1C[C@@H](c2ncn[nH]2)N(C(=O)c2cc(C(C)(C)C)[nH]n2)C1. The summed E-state index contributed by atoms with van der Waals surface area (Å²) in [6.45, 7) is 6.73. The molecule has 1 amide bonds. The van der Waals surface area contributed by atoms with Gasteiger partial charge in [-0.3, -0.25) is 15.0 Å². The molecule has 0 aromatic carbocycles. The maximum atomic E-state index is 12.9. The van der Waals surface area contributed by atoms with Crippen LogP contribution in [0, 0.1) is 0 Å². The molecule has 0 radical (unpaired) electrons. The van der Waals surface area contributed by atoms with Gasteiger partial charge in [0.1, 0.15) is 17.8 Å². The fourth-order valence-electron chi connectivity index (χ4n) is 2.79. The predicted octanol–water partition coefficient (Wildman–Crippen LogP) is 1.43. The molecule has 3 rings (SSSR count). The lowest BCUT2D eigenvalue weighted by atomic mass is 9.92. The topological polar surface area (TPSA) is 99.8 Å². The second-order valence-electron chi connectivity index (χ2n) is 6.85. The quantitative estimate of drug-likeness (QED) is 0.891. The van der Waals surface area contributed by atoms with Crippen LogP contribution in [0.15, 0.2) is 12.4 Å². The number of nitrogens with one attached hydrogen (secondary N) is 2. The number of methoxy groups -OCH3 is 1. The van der Waals surface area contributed by atoms with E-state index in [1.54, 1.807) is 12.0 Å². The Morgan fingerprint density at radius 2 is 2.17 bits per heavy atom. The molecule has 124 valence electrons. The van der Waals surface area contributed by atoms with Gasteiger partial charge in [0.25, 0.3) is 5.91 Å². The molecule has 2 aromatic rings. The Balaban J connectivity index is 1.86. The largest absolute Gasteiger partial charge is 0.380 e. The number of likely N-dealkylation sites (tertiary alicyclic amines) is 1. The van der Waals surface area contributed by atoms with Crippen molar-refractivity contribution in [1.29, 1.82) is 0 Å². The minimum absolute atomic E-state index is 0.0184. The van der Waals surface area contributed by atoms with Crippen LogP contribution >= 0.6 is 0 Å². The number of ether oxygens (including phenoxy) is 1. The summed E-state index contributed by atoms with van der Waals surface area (Å²) < 4.78 is 5.43. The van der Waals surface area contributed by atoms with Crippen LogP contribution < -0.4 is 0 Å². The summed E-state index contributed by atoms with van der Waals surface area (Å²) >= 11 is 0. The van der Waals surface area contributed by atoms with Crippen LogP contribution in [-0.4, -0.2) is 55.9 Å². The molecule has 2 aromatic heterocycles. The van der Waals surface area contributed by atoms with Crippen molar-refractivity contribution in [3.05, 3.63) is 29.6 Å². The van der Waals surface area contributed by atoms with E-state index in [0.29, 0.717) is 24.5 Å². The lowest BCUT2D eigenvalue weighted by Crippen LogP contribution is -2.32. The molecule has 0 aliphatic carbocycles. The smallest absolute Gasteiger partial charge is 0.275 e. The summed E-state index contributed by atoms with van der Waals surface area (Å²) in [5.74, 6) is 0.544. The summed E-state index contributed by atoms with van der Waals surface area (Å²) in [4.78, 5) is 18.8. The van der Waals surface area contributed by atoms with Crippen LogP contribution in [0.1, 0.15) is 55.2 Å². The van der Waals surface area contributed by atoms with Crippen LogP contribution in [0.25, 0.3) is 0 Å². The number of carbonyl (C=O) groups is 1. The van der Waals surface area contributed by atoms with Gasteiger partial charge in [0, 0.05) is 31.2 Å². The average Bonchev–Trinajstić information content (AvgIpc) is 3.23. The Bertz CT molecular complexity index is 672. The molecule has 1 aliphatic heterocycles. The summed E-state index contributed by atoms with van der Waals surface area (Å²) in [7, 11) is 1.66. The third-order valence-corrected chi connectivity index (χ3v) is 4.21. The molecule has 8 heteroatoms. The summed E-state index contributed by atoms with van der Waals surface area (Å²) in [6.07, 6.45) is 2.12. The number of carbonyl (C=O) groups excluding carboxylic acids is 1. The molecular formula is C15H22N6O2. The third kappa shape index (κ3) is 2.98. The van der Waals surface area contributed by atoms with Crippen molar-refractivity contribution in [3.63, 3.8) is 0 Å². The van der Waals surface area contributed by atoms with Crippen molar-refractivity contribution in [2.75, 3.05) is 13.7 Å². The molecule has 0 bridgehead atoms. The van der Waals surface area contributed by atoms with Crippen LogP contribution in [0.3, 0.4) is 0 Å². The number of H-pyrrole nitrogens is 2. The minimum Gasteiger partial charge on any atom is -0.380 e. The Morgan fingerprint density at radius 1 is 1.39 bits per heavy atom. The molecule has 1 fully saturated rings. The highest BCUT2D eigenvalue weighted by Gasteiger charge is 2.39. The first-order valence-corrected chi connectivity index (χ1v) is 7.65.